The highest BCUT2D eigenvalue weighted by atomic mass is 16.2. The highest BCUT2D eigenvalue weighted by Crippen LogP contribution is 2.07. The number of nitrogens with one attached hydrogen (secondary N) is 2. The summed E-state index contributed by atoms with van der Waals surface area (Å²) in [7, 11) is 0. The fourth-order valence-corrected chi connectivity index (χ4v) is 1.80. The lowest BCUT2D eigenvalue weighted by atomic mass is 10.2. The van der Waals surface area contributed by atoms with Crippen LogP contribution in [0.25, 0.3) is 6.08 Å². The number of benzene rings is 2. The molecule has 0 radical (unpaired) electrons. The summed E-state index contributed by atoms with van der Waals surface area (Å²) in [6, 6.07) is 16.6. The minimum absolute atomic E-state index is 0.121. The van der Waals surface area contributed by atoms with E-state index in [9.17, 15) is 9.59 Å². The third-order valence-electron chi connectivity index (χ3n) is 2.85. The largest absolute Gasteiger partial charge is 0.326 e. The fraction of sp³-hybridized carbons (Fsp3) is 0.0556. The number of rotatable bonds is 5. The maximum atomic E-state index is 11.6. The zero-order chi connectivity index (χ0) is 16.5. The van der Waals surface area contributed by atoms with Gasteiger partial charge in [0.25, 0.3) is 5.91 Å². The number of anilines is 1. The molecule has 23 heavy (non-hydrogen) atoms. The average Bonchev–Trinajstić information content (AvgIpc) is 2.55. The van der Waals surface area contributed by atoms with Gasteiger partial charge >= 0.3 is 0 Å². The maximum absolute atomic E-state index is 11.6. The Morgan fingerprint density at radius 3 is 2.30 bits per heavy atom. The second-order valence-electron chi connectivity index (χ2n) is 4.78. The Hall–Kier alpha value is -3.21. The van der Waals surface area contributed by atoms with Crippen LogP contribution in [0.1, 0.15) is 18.1 Å². The first kappa shape index (κ1) is 16.2. The predicted octanol–water partition coefficient (Wildman–Crippen LogP) is 2.81. The molecule has 0 aliphatic carbocycles. The Bertz CT molecular complexity index is 720. The number of amides is 2. The third kappa shape index (κ3) is 5.97. The Balaban J connectivity index is 1.85. The molecule has 2 aromatic carbocycles. The number of carbonyl (C=O) groups is 2. The van der Waals surface area contributed by atoms with E-state index >= 15 is 0 Å². The summed E-state index contributed by atoms with van der Waals surface area (Å²) in [5.41, 5.74) is 4.89. The maximum Gasteiger partial charge on any atom is 0.264 e. The van der Waals surface area contributed by atoms with Crippen molar-refractivity contribution < 1.29 is 9.59 Å². The van der Waals surface area contributed by atoms with Gasteiger partial charge in [-0.25, -0.2) is 5.43 Å². The Morgan fingerprint density at radius 2 is 1.65 bits per heavy atom. The van der Waals surface area contributed by atoms with Crippen LogP contribution < -0.4 is 10.7 Å². The number of carbonyl (C=O) groups excluding carboxylic acids is 2. The van der Waals surface area contributed by atoms with E-state index in [4.69, 9.17) is 0 Å². The molecule has 2 amide bonds. The highest BCUT2D eigenvalue weighted by Gasteiger charge is 1.95. The van der Waals surface area contributed by atoms with Crippen LogP contribution in [0.5, 0.6) is 0 Å². The van der Waals surface area contributed by atoms with E-state index < -0.39 is 0 Å². The first-order valence-electron chi connectivity index (χ1n) is 7.07. The molecule has 0 fully saturated rings. The summed E-state index contributed by atoms with van der Waals surface area (Å²) >= 11 is 0. The fourth-order valence-electron chi connectivity index (χ4n) is 1.80. The topological polar surface area (TPSA) is 70.6 Å². The van der Waals surface area contributed by atoms with E-state index in [0.717, 1.165) is 11.1 Å². The molecular formula is C18H17N3O2. The van der Waals surface area contributed by atoms with Gasteiger partial charge in [-0.2, -0.15) is 5.10 Å². The summed E-state index contributed by atoms with van der Waals surface area (Å²) < 4.78 is 0. The summed E-state index contributed by atoms with van der Waals surface area (Å²) in [4.78, 5) is 22.5. The van der Waals surface area contributed by atoms with Crippen molar-refractivity contribution >= 4 is 29.8 Å². The van der Waals surface area contributed by atoms with Gasteiger partial charge in [0, 0.05) is 18.7 Å². The molecule has 0 saturated heterocycles. The third-order valence-corrected chi connectivity index (χ3v) is 2.85. The van der Waals surface area contributed by atoms with E-state index in [2.05, 4.69) is 15.8 Å². The number of hydrogen-bond acceptors (Lipinski definition) is 3. The zero-order valence-electron chi connectivity index (χ0n) is 12.7. The van der Waals surface area contributed by atoms with Crippen molar-refractivity contribution in [3.63, 3.8) is 0 Å². The van der Waals surface area contributed by atoms with Gasteiger partial charge in [-0.3, -0.25) is 9.59 Å². The van der Waals surface area contributed by atoms with Gasteiger partial charge < -0.3 is 5.32 Å². The van der Waals surface area contributed by atoms with Crippen LogP contribution in [0.4, 0.5) is 5.69 Å². The molecule has 116 valence electrons. The van der Waals surface area contributed by atoms with E-state index in [0.29, 0.717) is 5.69 Å². The molecular weight excluding hydrogens is 290 g/mol. The van der Waals surface area contributed by atoms with Crippen molar-refractivity contribution in [2.75, 3.05) is 5.32 Å². The molecule has 0 heterocycles. The molecule has 0 bridgehead atoms. The second kappa shape index (κ2) is 8.29. The van der Waals surface area contributed by atoms with Gasteiger partial charge in [-0.15, -0.1) is 0 Å². The molecule has 0 unspecified atom stereocenters. The summed E-state index contributed by atoms with van der Waals surface area (Å²) in [6.07, 6.45) is 4.67. The lowest BCUT2D eigenvalue weighted by Gasteiger charge is -2.01. The minimum atomic E-state index is -0.306. The van der Waals surface area contributed by atoms with Crippen molar-refractivity contribution in [2.24, 2.45) is 5.10 Å². The Kier molecular flexibility index (Phi) is 5.82. The normalized spacial score (nSPS) is 10.8. The quantitative estimate of drug-likeness (QED) is 0.506. The number of hydrazone groups is 1. The van der Waals surface area contributed by atoms with Crippen molar-refractivity contribution in [3.05, 3.63) is 71.8 Å². The van der Waals surface area contributed by atoms with E-state index in [1.54, 1.807) is 30.3 Å². The lowest BCUT2D eigenvalue weighted by molar-refractivity contribution is -0.116. The standard InChI is InChI=1S/C18H17N3O2/c1-14(22)20-17-10-7-16(8-11-17)13-19-21-18(23)12-9-15-5-3-2-4-6-15/h2-13H,1H3,(H,20,22)(H,21,23). The zero-order valence-corrected chi connectivity index (χ0v) is 12.7. The summed E-state index contributed by atoms with van der Waals surface area (Å²) in [5, 5.41) is 6.56. The monoisotopic (exact) mass is 307 g/mol. The first-order valence-corrected chi connectivity index (χ1v) is 7.07. The van der Waals surface area contributed by atoms with E-state index in [-0.39, 0.29) is 11.8 Å². The van der Waals surface area contributed by atoms with Crippen molar-refractivity contribution in [2.45, 2.75) is 6.92 Å². The average molecular weight is 307 g/mol. The van der Waals surface area contributed by atoms with Crippen LogP contribution in [0, 0.1) is 0 Å². The minimum Gasteiger partial charge on any atom is -0.326 e. The SMILES string of the molecule is CC(=O)Nc1ccc(C=NNC(=O)C=Cc2ccccc2)cc1. The molecule has 0 aliphatic rings. The number of hydrogen-bond donors (Lipinski definition) is 2. The van der Waals surface area contributed by atoms with Gasteiger partial charge in [0.05, 0.1) is 6.21 Å². The lowest BCUT2D eigenvalue weighted by Crippen LogP contribution is -2.14. The molecule has 0 aromatic heterocycles. The van der Waals surface area contributed by atoms with Crippen LogP contribution in [-0.2, 0) is 9.59 Å². The van der Waals surface area contributed by atoms with E-state index in [1.807, 2.05) is 30.3 Å². The predicted molar refractivity (Wildman–Crippen MR) is 92.0 cm³/mol. The van der Waals surface area contributed by atoms with Crippen LogP contribution >= 0.6 is 0 Å². The van der Waals surface area contributed by atoms with Crippen LogP contribution in [0.3, 0.4) is 0 Å². The Labute approximate surface area is 134 Å². The van der Waals surface area contributed by atoms with Gasteiger partial charge in [0.15, 0.2) is 0 Å². The molecule has 2 rings (SSSR count). The second-order valence-corrected chi connectivity index (χ2v) is 4.78. The molecule has 0 saturated carbocycles. The van der Waals surface area contributed by atoms with E-state index in [1.165, 1.54) is 19.2 Å². The number of nitrogens with zero attached hydrogens (tertiary/aromatic N) is 1. The van der Waals surface area contributed by atoms with Gasteiger partial charge in [0.1, 0.15) is 0 Å². The smallest absolute Gasteiger partial charge is 0.264 e. The van der Waals surface area contributed by atoms with Crippen molar-refractivity contribution in [1.29, 1.82) is 0 Å². The van der Waals surface area contributed by atoms with Crippen LogP contribution in [0.15, 0.2) is 65.8 Å². The van der Waals surface area contributed by atoms with Crippen LogP contribution in [0.2, 0.25) is 0 Å². The molecule has 5 nitrogen and oxygen atoms in total. The molecule has 0 aliphatic heterocycles. The molecule has 2 aromatic rings. The Morgan fingerprint density at radius 1 is 0.957 bits per heavy atom. The molecule has 0 spiro atoms. The summed E-state index contributed by atoms with van der Waals surface area (Å²) in [6.45, 7) is 1.45. The van der Waals surface area contributed by atoms with Crippen molar-refractivity contribution in [3.8, 4) is 0 Å². The van der Waals surface area contributed by atoms with Gasteiger partial charge in [0.2, 0.25) is 5.91 Å². The molecule has 2 N–H and O–H groups in total. The van der Waals surface area contributed by atoms with Gasteiger partial charge in [-0.1, -0.05) is 42.5 Å². The first-order chi connectivity index (χ1) is 11.1. The molecule has 5 heteroatoms. The molecule has 0 atom stereocenters. The van der Waals surface area contributed by atoms with Gasteiger partial charge in [-0.05, 0) is 29.3 Å². The van der Waals surface area contributed by atoms with Crippen LogP contribution in [-0.4, -0.2) is 18.0 Å². The highest BCUT2D eigenvalue weighted by molar-refractivity contribution is 5.93. The van der Waals surface area contributed by atoms with Crippen molar-refractivity contribution in [1.82, 2.24) is 5.43 Å². The summed E-state index contributed by atoms with van der Waals surface area (Å²) in [5.74, 6) is -0.427.